The molecular formula is C26H34F6N2O7. The summed E-state index contributed by atoms with van der Waals surface area (Å²) in [4.78, 5) is 36.7. The summed E-state index contributed by atoms with van der Waals surface area (Å²) in [5.74, 6) is -5.93. The topological polar surface area (TPSA) is 117 Å². The van der Waals surface area contributed by atoms with Crippen LogP contribution in [-0.2, 0) is 19.7 Å². The number of likely N-dealkylation sites (tertiary alicyclic amines) is 1. The molecule has 0 saturated carbocycles. The second kappa shape index (κ2) is 13.3. The maximum absolute atomic E-state index is 13.8. The number of aliphatic carboxylic acids is 1. The van der Waals surface area contributed by atoms with Gasteiger partial charge in [0.25, 0.3) is 0 Å². The van der Waals surface area contributed by atoms with E-state index in [9.17, 15) is 41.0 Å². The van der Waals surface area contributed by atoms with Gasteiger partial charge in [-0.2, -0.15) is 26.3 Å². The number of amides is 1. The van der Waals surface area contributed by atoms with Crippen LogP contribution in [0.4, 0.5) is 32.0 Å². The van der Waals surface area contributed by atoms with Crippen molar-refractivity contribution in [2.24, 2.45) is 0 Å². The third kappa shape index (κ3) is 9.21. The number of hydrogen-bond donors (Lipinski definition) is 2. The molecule has 1 aromatic carbocycles. The second-order valence-electron chi connectivity index (χ2n) is 10.8. The molecule has 2 saturated heterocycles. The molecule has 2 heterocycles. The van der Waals surface area contributed by atoms with Crippen LogP contribution in [-0.4, -0.2) is 90.8 Å². The first-order valence-corrected chi connectivity index (χ1v) is 12.8. The molecule has 3 rings (SSSR count). The number of halogens is 6. The molecule has 232 valence electrons. The van der Waals surface area contributed by atoms with Crippen molar-refractivity contribution in [2.75, 3.05) is 38.3 Å². The minimum absolute atomic E-state index is 0.157. The van der Waals surface area contributed by atoms with Crippen LogP contribution in [0.5, 0.6) is 5.75 Å². The lowest BCUT2D eigenvalue weighted by molar-refractivity contribution is -0.192. The number of rotatable bonds is 5. The highest BCUT2D eigenvalue weighted by Crippen LogP contribution is 2.45. The molecular weight excluding hydrogens is 566 g/mol. The van der Waals surface area contributed by atoms with Gasteiger partial charge in [0.1, 0.15) is 11.9 Å². The molecule has 0 aliphatic carbocycles. The van der Waals surface area contributed by atoms with Crippen LogP contribution in [0.25, 0.3) is 0 Å². The van der Waals surface area contributed by atoms with Crippen molar-refractivity contribution in [1.29, 1.82) is 0 Å². The molecule has 0 spiro atoms. The van der Waals surface area contributed by atoms with Crippen LogP contribution in [0.15, 0.2) is 12.1 Å². The SMILES string of the molecule is CN1CCC(Oc2ccc(C(=O)O)c(N(C(=O)C(F)(F)F)C3CCOCC3)c2C(C)(C)C)CC1.O=C(O)C(F)(F)F. The number of carboxylic acid groups (broad SMARTS) is 2. The van der Waals surface area contributed by atoms with E-state index in [1.54, 1.807) is 20.8 Å². The molecule has 2 aliphatic rings. The molecule has 0 bridgehead atoms. The molecule has 2 N–H and O–H groups in total. The predicted molar refractivity (Wildman–Crippen MR) is 134 cm³/mol. The van der Waals surface area contributed by atoms with Gasteiger partial charge in [-0.15, -0.1) is 0 Å². The number of carbonyl (C=O) groups excluding carboxylic acids is 1. The van der Waals surface area contributed by atoms with Crippen LogP contribution in [0, 0.1) is 0 Å². The third-order valence-corrected chi connectivity index (χ3v) is 6.58. The lowest BCUT2D eigenvalue weighted by atomic mass is 9.82. The number of hydrogen-bond acceptors (Lipinski definition) is 6. The molecule has 9 nitrogen and oxygen atoms in total. The summed E-state index contributed by atoms with van der Waals surface area (Å²) >= 11 is 0. The number of carbonyl (C=O) groups is 3. The van der Waals surface area contributed by atoms with Gasteiger partial charge in [-0.25, -0.2) is 9.59 Å². The molecule has 1 aromatic rings. The van der Waals surface area contributed by atoms with E-state index in [1.807, 2.05) is 7.05 Å². The Bertz CT molecular complexity index is 1090. The Labute approximate surface area is 233 Å². The van der Waals surface area contributed by atoms with Gasteiger partial charge in [0.15, 0.2) is 0 Å². The fraction of sp³-hybridized carbons (Fsp3) is 0.654. The van der Waals surface area contributed by atoms with E-state index in [-0.39, 0.29) is 49.0 Å². The quantitative estimate of drug-likeness (QED) is 0.461. The first kappa shape index (κ1) is 34.1. The molecule has 2 fully saturated rings. The Morgan fingerprint density at radius 2 is 1.44 bits per heavy atom. The highest BCUT2D eigenvalue weighted by atomic mass is 19.4. The van der Waals surface area contributed by atoms with Crippen molar-refractivity contribution in [3.05, 3.63) is 23.3 Å². The predicted octanol–water partition coefficient (Wildman–Crippen LogP) is 4.86. The zero-order chi connectivity index (χ0) is 31.3. The van der Waals surface area contributed by atoms with Gasteiger partial charge in [-0.1, -0.05) is 20.8 Å². The smallest absolute Gasteiger partial charge is 0.490 e. The van der Waals surface area contributed by atoms with E-state index in [0.717, 1.165) is 25.9 Å². The summed E-state index contributed by atoms with van der Waals surface area (Å²) in [5, 5.41) is 17.1. The minimum Gasteiger partial charge on any atom is -0.490 e. The van der Waals surface area contributed by atoms with Crippen molar-refractivity contribution in [2.45, 2.75) is 76.4 Å². The normalized spacial score (nSPS) is 17.8. The zero-order valence-corrected chi connectivity index (χ0v) is 23.1. The van der Waals surface area contributed by atoms with Crippen molar-refractivity contribution in [1.82, 2.24) is 4.90 Å². The summed E-state index contributed by atoms with van der Waals surface area (Å²) in [6, 6.07) is 1.90. The lowest BCUT2D eigenvalue weighted by Crippen LogP contribution is -2.50. The molecule has 15 heteroatoms. The Balaban J connectivity index is 0.000000745. The standard InChI is InChI=1S/C24H33F3N2O5.C2HF3O2/c1-23(2,3)19-18(34-16-7-11-28(4)12-8-16)6-5-17(21(30)31)20(19)29(22(32)24(25,26)27)15-9-13-33-14-10-15;3-2(4,5)1(6)7/h5-6,15-16H,7-14H2,1-4H3,(H,30,31);(H,6,7). The summed E-state index contributed by atoms with van der Waals surface area (Å²) in [7, 11) is 2.01. The van der Waals surface area contributed by atoms with Gasteiger partial charge >= 0.3 is 30.2 Å². The van der Waals surface area contributed by atoms with Crippen LogP contribution < -0.4 is 9.64 Å². The number of alkyl halides is 6. The number of ether oxygens (including phenoxy) is 2. The van der Waals surface area contributed by atoms with Gasteiger partial charge in [-0.05, 0) is 50.3 Å². The summed E-state index contributed by atoms with van der Waals surface area (Å²) in [6.07, 6.45) is -8.60. The van der Waals surface area contributed by atoms with E-state index in [1.165, 1.54) is 12.1 Å². The van der Waals surface area contributed by atoms with E-state index in [0.29, 0.717) is 10.6 Å². The molecule has 0 atom stereocenters. The van der Waals surface area contributed by atoms with Gasteiger partial charge < -0.3 is 29.5 Å². The van der Waals surface area contributed by atoms with Crippen LogP contribution >= 0.6 is 0 Å². The maximum atomic E-state index is 13.8. The number of aromatic carboxylic acids is 1. The van der Waals surface area contributed by atoms with E-state index in [2.05, 4.69) is 4.90 Å². The first-order valence-electron chi connectivity index (χ1n) is 12.8. The van der Waals surface area contributed by atoms with E-state index < -0.39 is 41.7 Å². The second-order valence-corrected chi connectivity index (χ2v) is 10.8. The summed E-state index contributed by atoms with van der Waals surface area (Å²) < 4.78 is 84.7. The Kier molecular flexibility index (Phi) is 11.1. The van der Waals surface area contributed by atoms with E-state index in [4.69, 9.17) is 19.4 Å². The number of piperidine rings is 1. The molecule has 1 amide bonds. The number of carboxylic acids is 2. The van der Waals surface area contributed by atoms with Crippen molar-refractivity contribution in [3.8, 4) is 5.75 Å². The Hall–Kier alpha value is -3.07. The lowest BCUT2D eigenvalue weighted by Gasteiger charge is -2.39. The molecule has 2 aliphatic heterocycles. The summed E-state index contributed by atoms with van der Waals surface area (Å²) in [5.41, 5.74) is -1.11. The van der Waals surface area contributed by atoms with Crippen LogP contribution in [0.2, 0.25) is 0 Å². The highest BCUT2D eigenvalue weighted by molar-refractivity contribution is 6.06. The first-order chi connectivity index (χ1) is 18.7. The average molecular weight is 601 g/mol. The van der Waals surface area contributed by atoms with Crippen LogP contribution in [0.3, 0.4) is 0 Å². The molecule has 0 aromatic heterocycles. The highest BCUT2D eigenvalue weighted by Gasteiger charge is 2.48. The fourth-order valence-electron chi connectivity index (χ4n) is 4.63. The fourth-order valence-corrected chi connectivity index (χ4v) is 4.63. The molecule has 0 unspecified atom stereocenters. The third-order valence-electron chi connectivity index (χ3n) is 6.58. The van der Waals surface area contributed by atoms with Crippen molar-refractivity contribution < 1.29 is 60.4 Å². The summed E-state index contributed by atoms with van der Waals surface area (Å²) in [6.45, 7) is 7.33. The number of anilines is 1. The Morgan fingerprint density at radius 3 is 1.85 bits per heavy atom. The van der Waals surface area contributed by atoms with Gasteiger partial charge in [0.05, 0.1) is 11.3 Å². The van der Waals surface area contributed by atoms with Crippen molar-refractivity contribution >= 4 is 23.5 Å². The Morgan fingerprint density at radius 1 is 0.927 bits per heavy atom. The zero-order valence-electron chi connectivity index (χ0n) is 23.1. The average Bonchev–Trinajstić information content (AvgIpc) is 2.84. The largest absolute Gasteiger partial charge is 0.490 e. The maximum Gasteiger partial charge on any atom is 0.490 e. The van der Waals surface area contributed by atoms with Gasteiger partial charge in [0.2, 0.25) is 0 Å². The van der Waals surface area contributed by atoms with Gasteiger partial charge in [-0.3, -0.25) is 4.79 Å². The van der Waals surface area contributed by atoms with Crippen molar-refractivity contribution in [3.63, 3.8) is 0 Å². The van der Waals surface area contributed by atoms with E-state index >= 15 is 0 Å². The number of benzene rings is 1. The van der Waals surface area contributed by atoms with Gasteiger partial charge in [0, 0.05) is 37.9 Å². The molecule has 0 radical (unpaired) electrons. The number of nitrogens with zero attached hydrogens (tertiary/aromatic N) is 2. The molecule has 41 heavy (non-hydrogen) atoms. The monoisotopic (exact) mass is 600 g/mol. The van der Waals surface area contributed by atoms with Crippen LogP contribution in [0.1, 0.15) is 62.4 Å². The minimum atomic E-state index is -5.17.